The Bertz CT molecular complexity index is 271. The zero-order valence-electron chi connectivity index (χ0n) is 8.37. The summed E-state index contributed by atoms with van der Waals surface area (Å²) < 4.78 is 0. The molecule has 14 heavy (non-hydrogen) atoms. The Morgan fingerprint density at radius 2 is 2.50 bits per heavy atom. The van der Waals surface area contributed by atoms with Gasteiger partial charge in [-0.2, -0.15) is 5.10 Å². The van der Waals surface area contributed by atoms with Gasteiger partial charge in [0.25, 0.3) is 0 Å². The predicted molar refractivity (Wildman–Crippen MR) is 51.3 cm³/mol. The Balaban J connectivity index is 2.27. The molecular formula is C8H15N5O. The topological polar surface area (TPSA) is 82.7 Å². The van der Waals surface area contributed by atoms with Gasteiger partial charge < -0.3 is 10.6 Å². The number of carbonyl (C=O) groups excluding carboxylic acids is 1. The highest BCUT2D eigenvalue weighted by atomic mass is 16.1. The van der Waals surface area contributed by atoms with Crippen molar-refractivity contribution >= 4 is 5.91 Å². The van der Waals surface area contributed by atoms with Gasteiger partial charge in [0, 0.05) is 12.5 Å². The van der Waals surface area contributed by atoms with Gasteiger partial charge in [-0.15, -0.1) is 0 Å². The minimum atomic E-state index is -0.0390. The summed E-state index contributed by atoms with van der Waals surface area (Å²) in [5, 5.41) is 12.1. The monoisotopic (exact) mass is 197 g/mol. The number of hydrogen-bond acceptors (Lipinski definition) is 4. The van der Waals surface area contributed by atoms with Crippen molar-refractivity contribution in [1.29, 1.82) is 0 Å². The normalized spacial score (nSPS) is 12.4. The van der Waals surface area contributed by atoms with Gasteiger partial charge in [-0.3, -0.25) is 9.89 Å². The zero-order chi connectivity index (χ0) is 10.4. The molecule has 3 N–H and O–H groups in total. The van der Waals surface area contributed by atoms with Gasteiger partial charge in [-0.25, -0.2) is 4.98 Å². The largest absolute Gasteiger partial charge is 0.349 e. The number of nitrogens with zero attached hydrogens (tertiary/aromatic N) is 2. The predicted octanol–water partition coefficient (Wildman–Crippen LogP) is -0.724. The molecule has 0 saturated heterocycles. The van der Waals surface area contributed by atoms with E-state index < -0.39 is 0 Å². The number of rotatable bonds is 5. The second kappa shape index (κ2) is 5.33. The number of hydrogen-bond donors (Lipinski definition) is 3. The van der Waals surface area contributed by atoms with E-state index in [1.807, 2.05) is 14.0 Å². The van der Waals surface area contributed by atoms with E-state index in [9.17, 15) is 4.79 Å². The molecule has 0 aliphatic carbocycles. The molecule has 0 spiro atoms. The van der Waals surface area contributed by atoms with E-state index in [4.69, 9.17) is 0 Å². The van der Waals surface area contributed by atoms with Gasteiger partial charge in [-0.1, -0.05) is 6.92 Å². The minimum absolute atomic E-state index is 0.00995. The number of carbonyl (C=O) groups is 1. The van der Waals surface area contributed by atoms with Crippen molar-refractivity contribution in [2.75, 3.05) is 13.6 Å². The lowest BCUT2D eigenvalue weighted by molar-refractivity contribution is -0.124. The molecule has 6 nitrogen and oxygen atoms in total. The van der Waals surface area contributed by atoms with Crippen molar-refractivity contribution < 1.29 is 4.79 Å². The van der Waals surface area contributed by atoms with Crippen LogP contribution in [0.15, 0.2) is 6.33 Å². The summed E-state index contributed by atoms with van der Waals surface area (Å²) in [5.74, 6) is 0.633. The summed E-state index contributed by atoms with van der Waals surface area (Å²) in [4.78, 5) is 15.3. The van der Waals surface area contributed by atoms with Crippen LogP contribution in [0.25, 0.3) is 0 Å². The maximum absolute atomic E-state index is 11.4. The standard InChI is InChI=1S/C8H15N5O/c1-6(3-9-2)8(14)10-4-7-11-5-12-13-7/h5-6,9H,3-4H2,1-2H3,(H,10,14)(H,11,12,13). The first-order chi connectivity index (χ1) is 6.74. The fraction of sp³-hybridized carbons (Fsp3) is 0.625. The maximum Gasteiger partial charge on any atom is 0.224 e. The molecule has 1 unspecified atom stereocenters. The van der Waals surface area contributed by atoms with E-state index >= 15 is 0 Å². The lowest BCUT2D eigenvalue weighted by Crippen LogP contribution is -2.34. The molecule has 6 heteroatoms. The molecule has 1 aromatic heterocycles. The van der Waals surface area contributed by atoms with Crippen LogP contribution in [0, 0.1) is 5.92 Å². The van der Waals surface area contributed by atoms with Crippen LogP contribution in [0.3, 0.4) is 0 Å². The van der Waals surface area contributed by atoms with Crippen LogP contribution in [0.4, 0.5) is 0 Å². The van der Waals surface area contributed by atoms with Gasteiger partial charge in [0.2, 0.25) is 5.91 Å². The third-order valence-electron chi connectivity index (χ3n) is 1.85. The fourth-order valence-electron chi connectivity index (χ4n) is 1.06. The van der Waals surface area contributed by atoms with Crippen LogP contribution in [-0.2, 0) is 11.3 Å². The lowest BCUT2D eigenvalue weighted by atomic mass is 10.1. The molecule has 0 fully saturated rings. The van der Waals surface area contributed by atoms with E-state index in [1.54, 1.807) is 0 Å². The second-order valence-electron chi connectivity index (χ2n) is 3.11. The Kier molecular flexibility index (Phi) is 4.06. The molecule has 0 bridgehead atoms. The number of aromatic nitrogens is 3. The zero-order valence-corrected chi connectivity index (χ0v) is 8.37. The Hall–Kier alpha value is -1.43. The van der Waals surface area contributed by atoms with E-state index in [-0.39, 0.29) is 11.8 Å². The quantitative estimate of drug-likeness (QED) is 0.581. The molecule has 1 heterocycles. The van der Waals surface area contributed by atoms with Gasteiger partial charge in [-0.05, 0) is 7.05 Å². The fourth-order valence-corrected chi connectivity index (χ4v) is 1.06. The molecule has 1 amide bonds. The van der Waals surface area contributed by atoms with E-state index in [1.165, 1.54) is 6.33 Å². The van der Waals surface area contributed by atoms with Crippen molar-refractivity contribution in [3.8, 4) is 0 Å². The molecule has 1 rings (SSSR count). The third kappa shape index (κ3) is 3.14. The molecule has 0 saturated carbocycles. The average molecular weight is 197 g/mol. The first-order valence-corrected chi connectivity index (χ1v) is 4.50. The highest BCUT2D eigenvalue weighted by Crippen LogP contribution is 1.93. The number of nitrogens with one attached hydrogen (secondary N) is 3. The summed E-state index contributed by atoms with van der Waals surface area (Å²) in [6.45, 7) is 2.93. The van der Waals surface area contributed by atoms with E-state index in [0.717, 1.165) is 0 Å². The van der Waals surface area contributed by atoms with Gasteiger partial charge in [0.1, 0.15) is 12.2 Å². The Labute approximate surface area is 82.5 Å². The number of H-pyrrole nitrogens is 1. The van der Waals surface area contributed by atoms with Gasteiger partial charge in [0.05, 0.1) is 6.54 Å². The summed E-state index contributed by atoms with van der Waals surface area (Å²) >= 11 is 0. The highest BCUT2D eigenvalue weighted by molar-refractivity contribution is 5.78. The first-order valence-electron chi connectivity index (χ1n) is 4.50. The van der Waals surface area contributed by atoms with E-state index in [2.05, 4.69) is 25.8 Å². The maximum atomic E-state index is 11.4. The van der Waals surface area contributed by atoms with Gasteiger partial charge >= 0.3 is 0 Å². The van der Waals surface area contributed by atoms with Crippen molar-refractivity contribution in [3.63, 3.8) is 0 Å². The van der Waals surface area contributed by atoms with Crippen LogP contribution < -0.4 is 10.6 Å². The second-order valence-corrected chi connectivity index (χ2v) is 3.11. The summed E-state index contributed by atoms with van der Waals surface area (Å²) in [7, 11) is 1.82. The third-order valence-corrected chi connectivity index (χ3v) is 1.85. The molecule has 0 aromatic carbocycles. The summed E-state index contributed by atoms with van der Waals surface area (Å²) in [6.07, 6.45) is 1.42. The lowest BCUT2D eigenvalue weighted by Gasteiger charge is -2.09. The van der Waals surface area contributed by atoms with Crippen molar-refractivity contribution in [1.82, 2.24) is 25.8 Å². The first kappa shape index (κ1) is 10.6. The van der Waals surface area contributed by atoms with Crippen molar-refractivity contribution in [2.45, 2.75) is 13.5 Å². The molecule has 1 aromatic rings. The van der Waals surface area contributed by atoms with E-state index in [0.29, 0.717) is 18.9 Å². The number of amides is 1. The van der Waals surface area contributed by atoms with Gasteiger partial charge in [0.15, 0.2) is 0 Å². The van der Waals surface area contributed by atoms with Crippen LogP contribution in [-0.4, -0.2) is 34.7 Å². The Morgan fingerprint density at radius 1 is 1.71 bits per heavy atom. The molecule has 0 aliphatic rings. The molecule has 0 aliphatic heterocycles. The minimum Gasteiger partial charge on any atom is -0.349 e. The van der Waals surface area contributed by atoms with Crippen LogP contribution in [0.1, 0.15) is 12.7 Å². The molecule has 78 valence electrons. The average Bonchev–Trinajstić information content (AvgIpc) is 2.67. The molecule has 1 atom stereocenters. The SMILES string of the molecule is CNCC(C)C(=O)NCc1ncn[nH]1. The van der Waals surface area contributed by atoms with Crippen LogP contribution in [0.5, 0.6) is 0 Å². The van der Waals surface area contributed by atoms with Crippen LogP contribution >= 0.6 is 0 Å². The molecular weight excluding hydrogens is 182 g/mol. The summed E-state index contributed by atoms with van der Waals surface area (Å²) in [5.41, 5.74) is 0. The summed E-state index contributed by atoms with van der Waals surface area (Å²) in [6, 6.07) is 0. The van der Waals surface area contributed by atoms with Crippen molar-refractivity contribution in [3.05, 3.63) is 12.2 Å². The Morgan fingerprint density at radius 3 is 3.07 bits per heavy atom. The molecule has 0 radical (unpaired) electrons. The smallest absolute Gasteiger partial charge is 0.224 e. The van der Waals surface area contributed by atoms with Crippen molar-refractivity contribution in [2.24, 2.45) is 5.92 Å². The van der Waals surface area contributed by atoms with Crippen LogP contribution in [0.2, 0.25) is 0 Å². The number of aromatic amines is 1. The highest BCUT2D eigenvalue weighted by Gasteiger charge is 2.11.